The topological polar surface area (TPSA) is 55.8 Å². The zero-order valence-corrected chi connectivity index (χ0v) is 15.0. The van der Waals surface area contributed by atoms with Crippen LogP contribution in [0, 0.1) is 5.92 Å². The van der Waals surface area contributed by atoms with E-state index in [0.29, 0.717) is 5.92 Å². The number of hydrogen-bond donors (Lipinski definition) is 2. The molecule has 2 saturated carbocycles. The van der Waals surface area contributed by atoms with Crippen LogP contribution in [0.3, 0.4) is 0 Å². The number of hydrogen-bond acceptors (Lipinski definition) is 3. The van der Waals surface area contributed by atoms with Gasteiger partial charge in [-0.3, -0.25) is 0 Å². The van der Waals surface area contributed by atoms with Gasteiger partial charge in [-0.15, -0.1) is 0 Å². The fraction of sp³-hybridized carbons (Fsp3) is 0.944. The second-order valence-electron chi connectivity index (χ2n) is 7.71. The van der Waals surface area contributed by atoms with Crippen LogP contribution in [0.25, 0.3) is 0 Å². The summed E-state index contributed by atoms with van der Waals surface area (Å²) in [5, 5.41) is 12.8. The molecule has 0 aromatic carbocycles. The maximum atomic E-state index is 12.7. The predicted octanol–water partition coefficient (Wildman–Crippen LogP) is 2.44. The fourth-order valence-corrected chi connectivity index (χ4v) is 3.76. The molecule has 0 aromatic rings. The van der Waals surface area contributed by atoms with E-state index in [2.05, 4.69) is 24.3 Å². The maximum absolute atomic E-state index is 12.7. The molecule has 2 aliphatic carbocycles. The third-order valence-electron chi connectivity index (χ3n) is 5.33. The van der Waals surface area contributed by atoms with Crippen molar-refractivity contribution in [3.63, 3.8) is 0 Å². The Morgan fingerprint density at radius 3 is 2.26 bits per heavy atom. The Morgan fingerprint density at radius 1 is 1.00 bits per heavy atom. The van der Waals surface area contributed by atoms with Crippen LogP contribution >= 0.6 is 0 Å². The van der Waals surface area contributed by atoms with E-state index in [9.17, 15) is 9.90 Å². The third-order valence-corrected chi connectivity index (χ3v) is 5.33. The molecule has 5 nitrogen and oxygen atoms in total. The first-order chi connectivity index (χ1) is 11.0. The molecule has 0 heterocycles. The number of nitrogens with zero attached hydrogens (tertiary/aromatic N) is 2. The number of carbonyl (C=O) groups excluding carboxylic acids is 1. The van der Waals surface area contributed by atoms with E-state index in [-0.39, 0.29) is 18.2 Å². The van der Waals surface area contributed by atoms with E-state index in [1.165, 1.54) is 32.1 Å². The lowest BCUT2D eigenvalue weighted by atomic mass is 9.89. The first-order valence-corrected chi connectivity index (χ1v) is 9.43. The van der Waals surface area contributed by atoms with E-state index < -0.39 is 0 Å². The molecule has 2 amide bonds. The van der Waals surface area contributed by atoms with Crippen molar-refractivity contribution in [2.45, 2.75) is 69.9 Å². The van der Waals surface area contributed by atoms with E-state index in [0.717, 1.165) is 45.3 Å². The van der Waals surface area contributed by atoms with Gasteiger partial charge in [0.05, 0.1) is 6.10 Å². The molecule has 23 heavy (non-hydrogen) atoms. The molecule has 0 aromatic heterocycles. The second-order valence-corrected chi connectivity index (χ2v) is 7.71. The number of carbonyl (C=O) groups is 1. The molecular weight excluding hydrogens is 290 g/mol. The summed E-state index contributed by atoms with van der Waals surface area (Å²) >= 11 is 0. The van der Waals surface area contributed by atoms with E-state index >= 15 is 0 Å². The smallest absolute Gasteiger partial charge is 0.317 e. The Morgan fingerprint density at radius 2 is 1.65 bits per heavy atom. The molecule has 2 N–H and O–H groups in total. The Labute approximate surface area is 141 Å². The molecule has 2 aliphatic rings. The molecule has 0 spiro atoms. The largest absolute Gasteiger partial charge is 0.393 e. The van der Waals surface area contributed by atoms with E-state index in [4.69, 9.17) is 0 Å². The Balaban J connectivity index is 1.84. The molecule has 5 heteroatoms. The van der Waals surface area contributed by atoms with Gasteiger partial charge in [0.15, 0.2) is 0 Å². The van der Waals surface area contributed by atoms with Gasteiger partial charge in [0.25, 0.3) is 0 Å². The average Bonchev–Trinajstić information content (AvgIpc) is 2.54. The number of urea groups is 1. The standard InChI is InChI=1S/C18H35N3O2/c1-20(2)12-13-21(14-15-6-4-3-5-7-15)18(23)19-16-8-10-17(22)11-9-16/h15-17,22H,3-14H2,1-2H3,(H,19,23). The van der Waals surface area contributed by atoms with Gasteiger partial charge in [0.1, 0.15) is 0 Å². The van der Waals surface area contributed by atoms with Gasteiger partial charge < -0.3 is 20.2 Å². The highest BCUT2D eigenvalue weighted by atomic mass is 16.3. The highest BCUT2D eigenvalue weighted by Gasteiger charge is 2.25. The van der Waals surface area contributed by atoms with E-state index in [1.54, 1.807) is 0 Å². The SMILES string of the molecule is CN(C)CCN(CC1CCCCC1)C(=O)NC1CCC(O)CC1. The number of likely N-dealkylation sites (N-methyl/N-ethyl adjacent to an activating group) is 1. The van der Waals surface area contributed by atoms with E-state index in [1.807, 2.05) is 4.90 Å². The van der Waals surface area contributed by atoms with Crippen LogP contribution in [0.2, 0.25) is 0 Å². The minimum atomic E-state index is -0.171. The van der Waals surface area contributed by atoms with Crippen molar-refractivity contribution in [1.82, 2.24) is 15.1 Å². The van der Waals surface area contributed by atoms with Crippen molar-refractivity contribution in [3.8, 4) is 0 Å². The lowest BCUT2D eigenvalue weighted by Crippen LogP contribution is -2.49. The highest BCUT2D eigenvalue weighted by Crippen LogP contribution is 2.25. The van der Waals surface area contributed by atoms with Gasteiger partial charge >= 0.3 is 6.03 Å². The van der Waals surface area contributed by atoms with Crippen LogP contribution in [0.5, 0.6) is 0 Å². The summed E-state index contributed by atoms with van der Waals surface area (Å²) in [4.78, 5) is 16.9. The maximum Gasteiger partial charge on any atom is 0.317 e. The predicted molar refractivity (Wildman–Crippen MR) is 93.5 cm³/mol. The van der Waals surface area contributed by atoms with Crippen molar-refractivity contribution in [1.29, 1.82) is 0 Å². The zero-order chi connectivity index (χ0) is 16.7. The summed E-state index contributed by atoms with van der Waals surface area (Å²) in [6.45, 7) is 2.60. The van der Waals surface area contributed by atoms with Crippen molar-refractivity contribution >= 4 is 6.03 Å². The lowest BCUT2D eigenvalue weighted by Gasteiger charge is -2.33. The molecule has 0 unspecified atom stereocenters. The van der Waals surface area contributed by atoms with Gasteiger partial charge in [-0.2, -0.15) is 0 Å². The minimum absolute atomic E-state index is 0.0961. The summed E-state index contributed by atoms with van der Waals surface area (Å²) in [5.74, 6) is 0.671. The van der Waals surface area contributed by atoms with Crippen molar-refractivity contribution < 1.29 is 9.90 Å². The highest BCUT2D eigenvalue weighted by molar-refractivity contribution is 5.74. The first-order valence-electron chi connectivity index (χ1n) is 9.43. The lowest BCUT2D eigenvalue weighted by molar-refractivity contribution is 0.113. The van der Waals surface area contributed by atoms with Crippen LogP contribution < -0.4 is 5.32 Å². The van der Waals surface area contributed by atoms with Crippen LogP contribution in [-0.4, -0.2) is 66.8 Å². The van der Waals surface area contributed by atoms with Crippen molar-refractivity contribution in [2.24, 2.45) is 5.92 Å². The summed E-state index contributed by atoms with van der Waals surface area (Å²) in [7, 11) is 4.11. The molecule has 2 rings (SSSR count). The van der Waals surface area contributed by atoms with Crippen LogP contribution in [0.1, 0.15) is 57.8 Å². The number of aliphatic hydroxyl groups is 1. The molecule has 2 fully saturated rings. The zero-order valence-electron chi connectivity index (χ0n) is 15.0. The number of amides is 2. The molecule has 134 valence electrons. The normalized spacial score (nSPS) is 26.3. The summed E-state index contributed by atoms with van der Waals surface area (Å²) in [6.07, 6.45) is 9.76. The number of nitrogens with one attached hydrogen (secondary N) is 1. The molecule has 0 saturated heterocycles. The number of rotatable bonds is 6. The molecule has 0 atom stereocenters. The summed E-state index contributed by atoms with van der Waals surface area (Å²) in [5.41, 5.74) is 0. The second kappa shape index (κ2) is 9.48. The van der Waals surface area contributed by atoms with Gasteiger partial charge in [-0.1, -0.05) is 19.3 Å². The summed E-state index contributed by atoms with van der Waals surface area (Å²) in [6, 6.07) is 0.331. The Bertz CT molecular complexity index is 348. The van der Waals surface area contributed by atoms with Crippen molar-refractivity contribution in [3.05, 3.63) is 0 Å². The van der Waals surface area contributed by atoms with Gasteiger partial charge in [-0.25, -0.2) is 4.79 Å². The average molecular weight is 325 g/mol. The van der Waals surface area contributed by atoms with Crippen LogP contribution in [0.15, 0.2) is 0 Å². The first kappa shape index (κ1) is 18.5. The molecule has 0 bridgehead atoms. The Hall–Kier alpha value is -0.810. The molecular formula is C18H35N3O2. The van der Waals surface area contributed by atoms with Gasteiger partial charge in [-0.05, 0) is 58.5 Å². The van der Waals surface area contributed by atoms with Gasteiger partial charge in [0.2, 0.25) is 0 Å². The quantitative estimate of drug-likeness (QED) is 0.789. The van der Waals surface area contributed by atoms with Crippen LogP contribution in [0.4, 0.5) is 4.79 Å². The summed E-state index contributed by atoms with van der Waals surface area (Å²) < 4.78 is 0. The molecule has 0 radical (unpaired) electrons. The number of aliphatic hydroxyl groups excluding tert-OH is 1. The van der Waals surface area contributed by atoms with Gasteiger partial charge in [0, 0.05) is 25.7 Å². The third kappa shape index (κ3) is 6.68. The Kier molecular flexibility index (Phi) is 7.63. The monoisotopic (exact) mass is 325 g/mol. The molecule has 0 aliphatic heterocycles. The minimum Gasteiger partial charge on any atom is -0.393 e. The van der Waals surface area contributed by atoms with Crippen molar-refractivity contribution in [2.75, 3.05) is 33.7 Å². The fourth-order valence-electron chi connectivity index (χ4n) is 3.76. The van der Waals surface area contributed by atoms with Crippen LogP contribution in [-0.2, 0) is 0 Å².